The maximum absolute atomic E-state index is 6.28. The minimum atomic E-state index is -0.271. The highest BCUT2D eigenvalue weighted by Crippen LogP contribution is 2.48. The van der Waals surface area contributed by atoms with Crippen LogP contribution in [0.15, 0.2) is 24.4 Å². The summed E-state index contributed by atoms with van der Waals surface area (Å²) >= 11 is 6.22. The molecule has 0 amide bonds. The van der Waals surface area contributed by atoms with Gasteiger partial charge in [0.1, 0.15) is 0 Å². The molecular weight excluding hydrogens is 300 g/mol. The lowest BCUT2D eigenvalue weighted by molar-refractivity contribution is -0.0790. The third kappa shape index (κ3) is 2.24. The summed E-state index contributed by atoms with van der Waals surface area (Å²) in [6.07, 6.45) is 3.76. The lowest BCUT2D eigenvalue weighted by Crippen LogP contribution is -2.46. The van der Waals surface area contributed by atoms with Gasteiger partial charge in [-0.25, -0.2) is 0 Å². The van der Waals surface area contributed by atoms with Gasteiger partial charge in [-0.1, -0.05) is 22.9 Å². The van der Waals surface area contributed by atoms with Gasteiger partial charge in [-0.05, 0) is 36.6 Å². The number of hydrogen-bond donors (Lipinski definition) is 1. The van der Waals surface area contributed by atoms with Gasteiger partial charge in [0, 0.05) is 30.7 Å². The fourth-order valence-electron chi connectivity index (χ4n) is 3.81. The summed E-state index contributed by atoms with van der Waals surface area (Å²) in [7, 11) is 1.89. The third-order valence-corrected chi connectivity index (χ3v) is 4.93. The topological polar surface area (TPSA) is 52.0 Å². The van der Waals surface area contributed by atoms with Gasteiger partial charge in [0.25, 0.3) is 0 Å². The number of benzene rings is 1. The van der Waals surface area contributed by atoms with Crippen molar-refractivity contribution in [1.29, 1.82) is 0 Å². The molecule has 1 spiro atoms. The number of halogens is 1. The molecule has 1 saturated heterocycles. The quantitative estimate of drug-likeness (QED) is 0.878. The largest absolute Gasteiger partial charge is 0.365 e. The van der Waals surface area contributed by atoms with Crippen LogP contribution in [0.1, 0.15) is 42.6 Å². The van der Waals surface area contributed by atoms with Gasteiger partial charge in [-0.15, -0.1) is 5.10 Å². The number of aryl methyl sites for hydroxylation is 1. The first-order valence-electron chi connectivity index (χ1n) is 7.61. The smallest absolute Gasteiger partial charge is 0.0997 e. The van der Waals surface area contributed by atoms with Crippen LogP contribution in [-0.4, -0.2) is 21.0 Å². The molecular formula is C16H19ClN4O. The van der Waals surface area contributed by atoms with Crippen molar-refractivity contribution < 1.29 is 4.74 Å². The van der Waals surface area contributed by atoms with Gasteiger partial charge < -0.3 is 10.1 Å². The van der Waals surface area contributed by atoms with E-state index in [2.05, 4.69) is 34.7 Å². The SMILES string of the molecule is C[C@H]1CC2(C[C@@H](c3cn(C)nn3)N1)OCc1ccc(Cl)cc12. The van der Waals surface area contributed by atoms with E-state index in [-0.39, 0.29) is 11.6 Å². The lowest BCUT2D eigenvalue weighted by Gasteiger charge is -2.41. The van der Waals surface area contributed by atoms with Gasteiger partial charge in [0.15, 0.2) is 0 Å². The van der Waals surface area contributed by atoms with E-state index in [1.54, 1.807) is 4.68 Å². The Bertz CT molecular complexity index is 716. The van der Waals surface area contributed by atoms with Gasteiger partial charge in [0.05, 0.1) is 23.9 Å². The Labute approximate surface area is 134 Å². The fraction of sp³-hybridized carbons (Fsp3) is 0.500. The van der Waals surface area contributed by atoms with E-state index in [1.807, 2.05) is 19.3 Å². The summed E-state index contributed by atoms with van der Waals surface area (Å²) in [4.78, 5) is 0. The second-order valence-corrected chi connectivity index (χ2v) is 6.87. The first-order chi connectivity index (χ1) is 10.6. The van der Waals surface area contributed by atoms with Crippen LogP contribution in [-0.2, 0) is 24.0 Å². The van der Waals surface area contributed by atoms with Crippen LogP contribution in [0.4, 0.5) is 0 Å². The van der Waals surface area contributed by atoms with Crippen molar-refractivity contribution in [3.8, 4) is 0 Å². The molecule has 1 N–H and O–H groups in total. The van der Waals surface area contributed by atoms with E-state index in [1.165, 1.54) is 11.1 Å². The molecule has 2 aliphatic heterocycles. The zero-order chi connectivity index (χ0) is 15.3. The number of aromatic nitrogens is 3. The molecule has 3 heterocycles. The van der Waals surface area contributed by atoms with Crippen molar-refractivity contribution in [2.75, 3.05) is 0 Å². The summed E-state index contributed by atoms with van der Waals surface area (Å²) in [5.41, 5.74) is 3.18. The van der Waals surface area contributed by atoms with Gasteiger partial charge >= 0.3 is 0 Å². The van der Waals surface area contributed by atoms with Crippen molar-refractivity contribution in [1.82, 2.24) is 20.3 Å². The maximum Gasteiger partial charge on any atom is 0.0997 e. The van der Waals surface area contributed by atoms with Crippen LogP contribution in [0.25, 0.3) is 0 Å². The summed E-state index contributed by atoms with van der Waals surface area (Å²) in [6, 6.07) is 6.56. The number of piperidine rings is 1. The Morgan fingerprint density at radius 1 is 1.41 bits per heavy atom. The molecule has 0 radical (unpaired) electrons. The first-order valence-corrected chi connectivity index (χ1v) is 7.99. The third-order valence-electron chi connectivity index (χ3n) is 4.70. The van der Waals surface area contributed by atoms with E-state index < -0.39 is 0 Å². The van der Waals surface area contributed by atoms with E-state index in [9.17, 15) is 0 Å². The average Bonchev–Trinajstić information content (AvgIpc) is 3.04. The zero-order valence-corrected chi connectivity index (χ0v) is 13.5. The molecule has 116 valence electrons. The molecule has 1 unspecified atom stereocenters. The van der Waals surface area contributed by atoms with Crippen LogP contribution < -0.4 is 5.32 Å². The lowest BCUT2D eigenvalue weighted by atomic mass is 9.78. The monoisotopic (exact) mass is 318 g/mol. The molecule has 1 aromatic heterocycles. The van der Waals surface area contributed by atoms with E-state index in [0.717, 1.165) is 23.6 Å². The predicted octanol–water partition coefficient (Wildman–Crippen LogP) is 2.71. The fourth-order valence-corrected chi connectivity index (χ4v) is 3.99. The minimum absolute atomic E-state index is 0.141. The Hall–Kier alpha value is -1.43. The normalized spacial score (nSPS) is 30.7. The number of hydrogen-bond acceptors (Lipinski definition) is 4. The first kappa shape index (κ1) is 14.2. The molecule has 5 nitrogen and oxygen atoms in total. The molecule has 22 heavy (non-hydrogen) atoms. The average molecular weight is 319 g/mol. The molecule has 0 saturated carbocycles. The number of rotatable bonds is 1. The highest BCUT2D eigenvalue weighted by Gasteiger charge is 2.46. The van der Waals surface area contributed by atoms with Crippen molar-refractivity contribution in [3.63, 3.8) is 0 Å². The minimum Gasteiger partial charge on any atom is -0.365 e. The zero-order valence-electron chi connectivity index (χ0n) is 12.7. The van der Waals surface area contributed by atoms with Crippen LogP contribution >= 0.6 is 11.6 Å². The van der Waals surface area contributed by atoms with Crippen molar-refractivity contribution in [3.05, 3.63) is 46.2 Å². The second kappa shape index (κ2) is 5.05. The Morgan fingerprint density at radius 2 is 2.27 bits per heavy atom. The summed E-state index contributed by atoms with van der Waals surface area (Å²) < 4.78 is 8.02. The Morgan fingerprint density at radius 3 is 3.05 bits per heavy atom. The number of nitrogens with zero attached hydrogens (tertiary/aromatic N) is 3. The molecule has 1 aromatic carbocycles. The second-order valence-electron chi connectivity index (χ2n) is 6.43. The highest BCUT2D eigenvalue weighted by molar-refractivity contribution is 6.30. The predicted molar refractivity (Wildman–Crippen MR) is 83.5 cm³/mol. The van der Waals surface area contributed by atoms with Gasteiger partial charge in [-0.2, -0.15) is 0 Å². The highest BCUT2D eigenvalue weighted by atomic mass is 35.5. The van der Waals surface area contributed by atoms with Gasteiger partial charge in [0.2, 0.25) is 0 Å². The Balaban J connectivity index is 1.72. The van der Waals surface area contributed by atoms with Crippen LogP contribution in [0.5, 0.6) is 0 Å². The van der Waals surface area contributed by atoms with Crippen molar-refractivity contribution >= 4 is 11.6 Å². The van der Waals surface area contributed by atoms with E-state index >= 15 is 0 Å². The number of fused-ring (bicyclic) bond motifs is 2. The molecule has 6 heteroatoms. The molecule has 1 fully saturated rings. The number of ether oxygens (including phenoxy) is 1. The van der Waals surface area contributed by atoms with E-state index in [0.29, 0.717) is 12.6 Å². The maximum atomic E-state index is 6.28. The molecule has 0 bridgehead atoms. The molecule has 0 aliphatic carbocycles. The molecule has 2 aromatic rings. The van der Waals surface area contributed by atoms with Crippen molar-refractivity contribution in [2.24, 2.45) is 7.05 Å². The molecule has 3 atom stereocenters. The van der Waals surface area contributed by atoms with Crippen LogP contribution in [0, 0.1) is 0 Å². The molecule has 2 aliphatic rings. The standard InChI is InChI=1S/C16H19ClN4O/c1-10-6-16(7-14(18-10)15-8-21(2)20-19-15)13-5-12(17)4-3-11(13)9-22-16/h3-5,8,10,14,18H,6-7,9H2,1-2H3/t10-,14-,16?/m0/s1. The summed E-state index contributed by atoms with van der Waals surface area (Å²) in [5.74, 6) is 0. The number of nitrogens with one attached hydrogen (secondary N) is 1. The van der Waals surface area contributed by atoms with Gasteiger partial charge in [-0.3, -0.25) is 4.68 Å². The van der Waals surface area contributed by atoms with Crippen molar-refractivity contribution in [2.45, 2.75) is 44.1 Å². The van der Waals surface area contributed by atoms with Crippen LogP contribution in [0.2, 0.25) is 5.02 Å². The molecule has 4 rings (SSSR count). The summed E-state index contributed by atoms with van der Waals surface area (Å²) in [5, 5.41) is 12.7. The Kier molecular flexibility index (Phi) is 3.25. The van der Waals surface area contributed by atoms with E-state index in [4.69, 9.17) is 16.3 Å². The summed E-state index contributed by atoms with van der Waals surface area (Å²) in [6.45, 7) is 2.85. The van der Waals surface area contributed by atoms with Crippen LogP contribution in [0.3, 0.4) is 0 Å².